The summed E-state index contributed by atoms with van der Waals surface area (Å²) in [4.78, 5) is 0. The van der Waals surface area contributed by atoms with Crippen LogP contribution in [0.2, 0.25) is 0 Å². The minimum atomic E-state index is 0.172. The van der Waals surface area contributed by atoms with E-state index in [-0.39, 0.29) is 11.6 Å². The van der Waals surface area contributed by atoms with Crippen LogP contribution in [0.25, 0.3) is 0 Å². The van der Waals surface area contributed by atoms with Gasteiger partial charge in [-0.2, -0.15) is 0 Å². The summed E-state index contributed by atoms with van der Waals surface area (Å²) < 4.78 is 5.80. The molecule has 0 atom stereocenters. The summed E-state index contributed by atoms with van der Waals surface area (Å²) in [6, 6.07) is 8.24. The van der Waals surface area contributed by atoms with Crippen LogP contribution in [0.3, 0.4) is 0 Å². The first-order chi connectivity index (χ1) is 7.94. The molecule has 1 aromatic carbocycles. The van der Waals surface area contributed by atoms with Crippen LogP contribution < -0.4 is 10.1 Å². The normalized spacial score (nSPS) is 11.9. The second-order valence-electron chi connectivity index (χ2n) is 5.37. The number of rotatable bonds is 6. The first-order valence-electron chi connectivity index (χ1n) is 6.44. The second kappa shape index (κ2) is 6.06. The van der Waals surface area contributed by atoms with Gasteiger partial charge in [-0.1, -0.05) is 25.1 Å². The summed E-state index contributed by atoms with van der Waals surface area (Å²) in [5, 5.41) is 3.56. The van der Waals surface area contributed by atoms with Gasteiger partial charge in [0.15, 0.2) is 0 Å². The lowest BCUT2D eigenvalue weighted by Gasteiger charge is -2.25. The molecule has 2 heteroatoms. The van der Waals surface area contributed by atoms with E-state index in [4.69, 9.17) is 4.74 Å². The molecule has 2 nitrogen and oxygen atoms in total. The molecule has 96 valence electrons. The van der Waals surface area contributed by atoms with Gasteiger partial charge in [0.05, 0.1) is 6.10 Å². The maximum absolute atomic E-state index is 5.80. The van der Waals surface area contributed by atoms with Crippen LogP contribution in [0, 0.1) is 0 Å². The molecule has 0 aliphatic carbocycles. The third kappa shape index (κ3) is 4.78. The summed E-state index contributed by atoms with van der Waals surface area (Å²) in [6.45, 7) is 11.6. The molecule has 0 saturated heterocycles. The van der Waals surface area contributed by atoms with Crippen molar-refractivity contribution in [1.82, 2.24) is 5.32 Å². The van der Waals surface area contributed by atoms with Crippen molar-refractivity contribution in [3.63, 3.8) is 0 Å². The molecule has 1 aromatic rings. The van der Waals surface area contributed by atoms with Gasteiger partial charge in [0.1, 0.15) is 5.75 Å². The standard InChI is InChI=1S/C15H25NO/c1-6-15(4,5)16-11-13-9-7-8-10-14(13)17-12(2)3/h7-10,12,16H,6,11H2,1-5H3. The fraction of sp³-hybridized carbons (Fsp3) is 0.600. The fourth-order valence-corrected chi connectivity index (χ4v) is 1.48. The van der Waals surface area contributed by atoms with Crippen LogP contribution in [0.15, 0.2) is 24.3 Å². The van der Waals surface area contributed by atoms with Gasteiger partial charge in [-0.25, -0.2) is 0 Å². The van der Waals surface area contributed by atoms with E-state index < -0.39 is 0 Å². The Morgan fingerprint density at radius 1 is 1.24 bits per heavy atom. The number of nitrogens with one attached hydrogen (secondary N) is 1. The summed E-state index contributed by atoms with van der Waals surface area (Å²) in [6.07, 6.45) is 1.33. The molecule has 0 aliphatic rings. The van der Waals surface area contributed by atoms with E-state index in [1.54, 1.807) is 0 Å². The van der Waals surface area contributed by atoms with Crippen molar-refractivity contribution in [3.8, 4) is 5.75 Å². The highest BCUT2D eigenvalue weighted by Gasteiger charge is 2.14. The molecule has 0 aliphatic heterocycles. The number of hydrogen-bond donors (Lipinski definition) is 1. The lowest BCUT2D eigenvalue weighted by molar-refractivity contribution is 0.238. The Labute approximate surface area is 105 Å². The van der Waals surface area contributed by atoms with Crippen molar-refractivity contribution < 1.29 is 4.74 Å². The molecule has 0 spiro atoms. The van der Waals surface area contributed by atoms with Gasteiger partial charge in [0.25, 0.3) is 0 Å². The topological polar surface area (TPSA) is 21.3 Å². The maximum atomic E-state index is 5.80. The number of hydrogen-bond acceptors (Lipinski definition) is 2. The SMILES string of the molecule is CCC(C)(C)NCc1ccccc1OC(C)C. The molecule has 0 fully saturated rings. The molecule has 0 bridgehead atoms. The number of ether oxygens (including phenoxy) is 1. The van der Waals surface area contributed by atoms with Gasteiger partial charge in [0.2, 0.25) is 0 Å². The van der Waals surface area contributed by atoms with Crippen molar-refractivity contribution in [3.05, 3.63) is 29.8 Å². The molecule has 0 saturated carbocycles. The van der Waals surface area contributed by atoms with Crippen molar-refractivity contribution >= 4 is 0 Å². The molecule has 0 aromatic heterocycles. The molecule has 1 N–H and O–H groups in total. The highest BCUT2D eigenvalue weighted by Crippen LogP contribution is 2.20. The molecular formula is C15H25NO. The Bertz CT molecular complexity index is 345. The summed E-state index contributed by atoms with van der Waals surface area (Å²) >= 11 is 0. The second-order valence-corrected chi connectivity index (χ2v) is 5.37. The summed E-state index contributed by atoms with van der Waals surface area (Å²) in [5.74, 6) is 0.988. The largest absolute Gasteiger partial charge is 0.491 e. The fourth-order valence-electron chi connectivity index (χ4n) is 1.48. The van der Waals surface area contributed by atoms with Gasteiger partial charge in [0, 0.05) is 17.6 Å². The zero-order valence-corrected chi connectivity index (χ0v) is 11.7. The third-order valence-corrected chi connectivity index (χ3v) is 2.98. The van der Waals surface area contributed by atoms with Crippen molar-refractivity contribution in [2.75, 3.05) is 0 Å². The summed E-state index contributed by atoms with van der Waals surface area (Å²) in [7, 11) is 0. The van der Waals surface area contributed by atoms with E-state index in [9.17, 15) is 0 Å². The molecule has 0 amide bonds. The lowest BCUT2D eigenvalue weighted by Crippen LogP contribution is -2.37. The quantitative estimate of drug-likeness (QED) is 0.810. The monoisotopic (exact) mass is 235 g/mol. The van der Waals surface area contributed by atoms with Gasteiger partial charge in [-0.05, 0) is 40.2 Å². The maximum Gasteiger partial charge on any atom is 0.124 e. The molecule has 0 heterocycles. The Hall–Kier alpha value is -1.02. The Morgan fingerprint density at radius 2 is 1.88 bits per heavy atom. The van der Waals surface area contributed by atoms with Crippen molar-refractivity contribution in [1.29, 1.82) is 0 Å². The molecule has 17 heavy (non-hydrogen) atoms. The van der Waals surface area contributed by atoms with E-state index in [1.165, 1.54) is 5.56 Å². The van der Waals surface area contributed by atoms with E-state index in [2.05, 4.69) is 52.1 Å². The Morgan fingerprint density at radius 3 is 2.47 bits per heavy atom. The Kier molecular flexibility index (Phi) is 5.01. The van der Waals surface area contributed by atoms with Gasteiger partial charge in [-0.3, -0.25) is 0 Å². The van der Waals surface area contributed by atoms with E-state index in [0.717, 1.165) is 18.7 Å². The number of benzene rings is 1. The predicted molar refractivity (Wildman–Crippen MR) is 73.4 cm³/mol. The zero-order valence-electron chi connectivity index (χ0n) is 11.7. The Balaban J connectivity index is 2.70. The minimum Gasteiger partial charge on any atom is -0.491 e. The summed E-state index contributed by atoms with van der Waals surface area (Å²) in [5.41, 5.74) is 1.40. The van der Waals surface area contributed by atoms with Crippen LogP contribution in [-0.4, -0.2) is 11.6 Å². The van der Waals surface area contributed by atoms with E-state index >= 15 is 0 Å². The first-order valence-corrected chi connectivity index (χ1v) is 6.44. The highest BCUT2D eigenvalue weighted by molar-refractivity contribution is 5.33. The van der Waals surface area contributed by atoms with Gasteiger partial charge >= 0.3 is 0 Å². The van der Waals surface area contributed by atoms with E-state index in [0.29, 0.717) is 0 Å². The number of para-hydroxylation sites is 1. The first kappa shape index (κ1) is 14.0. The van der Waals surface area contributed by atoms with Gasteiger partial charge in [-0.15, -0.1) is 0 Å². The molecule has 0 radical (unpaired) electrons. The van der Waals surface area contributed by atoms with Crippen LogP contribution >= 0.6 is 0 Å². The smallest absolute Gasteiger partial charge is 0.124 e. The van der Waals surface area contributed by atoms with Crippen molar-refractivity contribution in [2.24, 2.45) is 0 Å². The van der Waals surface area contributed by atoms with Gasteiger partial charge < -0.3 is 10.1 Å². The molecule has 1 rings (SSSR count). The highest BCUT2D eigenvalue weighted by atomic mass is 16.5. The minimum absolute atomic E-state index is 0.172. The third-order valence-electron chi connectivity index (χ3n) is 2.98. The van der Waals surface area contributed by atoms with Crippen LogP contribution in [-0.2, 0) is 6.54 Å². The average Bonchev–Trinajstić information content (AvgIpc) is 2.27. The van der Waals surface area contributed by atoms with Crippen LogP contribution in [0.5, 0.6) is 5.75 Å². The lowest BCUT2D eigenvalue weighted by atomic mass is 10.0. The van der Waals surface area contributed by atoms with Crippen LogP contribution in [0.4, 0.5) is 0 Å². The molecular weight excluding hydrogens is 210 g/mol. The predicted octanol–water partition coefficient (Wildman–Crippen LogP) is 3.75. The average molecular weight is 235 g/mol. The zero-order chi connectivity index (χ0) is 12.9. The van der Waals surface area contributed by atoms with E-state index in [1.807, 2.05) is 12.1 Å². The van der Waals surface area contributed by atoms with Crippen LogP contribution in [0.1, 0.15) is 46.6 Å². The molecule has 0 unspecified atom stereocenters. The van der Waals surface area contributed by atoms with Crippen molar-refractivity contribution in [2.45, 2.75) is 59.2 Å².